The number of aromatic nitrogens is 1. The van der Waals surface area contributed by atoms with Crippen molar-refractivity contribution in [3.05, 3.63) is 34.2 Å². The third kappa shape index (κ3) is 3.57. The summed E-state index contributed by atoms with van der Waals surface area (Å²) < 4.78 is 21.6. The van der Waals surface area contributed by atoms with Crippen LogP contribution in [0.15, 0.2) is 12.1 Å². The van der Waals surface area contributed by atoms with Crippen LogP contribution in [0.4, 0.5) is 4.39 Å². The number of nitrogens with one attached hydrogen (secondary N) is 1. The van der Waals surface area contributed by atoms with Crippen molar-refractivity contribution in [1.29, 1.82) is 0 Å². The fourth-order valence-corrected chi connectivity index (χ4v) is 12.8. The SMILES string of the molecule is CC1(C)CCC[C@](C)([C@H]2CC[C@]3(C)[C@@H]2[C@H](O)C[C@@H]2[C@@]4(C)Cc5c([nH]c6c(Cl)cc(F)cc56)C(C)(C)[C@@H]4C(=O)C[C@]23C)O1. The maximum Gasteiger partial charge on any atom is 0.138 e. The molecule has 0 unspecified atom stereocenters. The number of halogens is 2. The zero-order valence-electron chi connectivity index (χ0n) is 26.7. The van der Waals surface area contributed by atoms with Crippen molar-refractivity contribution >= 4 is 28.3 Å². The Bertz CT molecular complexity index is 1500. The standard InChI is InChI=1S/C36H49ClFNO3/c1-31(2)11-9-12-36(8,42-31)22-10-13-34(6)27(22)24(40)16-26-33(5)17-21-20-14-19(38)15-23(37)28(20)39-30(21)32(3,4)29(33)25(41)18-35(26,34)7/h14-15,22,24,26-27,29,39-40H,9-13,16-18H2,1-8H3/t22-,24+,26+,27-,29-,33+,34+,35+,36+/m0/s1. The molecule has 230 valence electrons. The van der Waals surface area contributed by atoms with Gasteiger partial charge in [0.05, 0.1) is 27.8 Å². The second-order valence-electron chi connectivity index (χ2n) is 17.2. The van der Waals surface area contributed by atoms with Crippen molar-refractivity contribution in [1.82, 2.24) is 4.98 Å². The number of ether oxygens (including phenoxy) is 1. The number of benzene rings is 1. The van der Waals surface area contributed by atoms with Gasteiger partial charge in [-0.1, -0.05) is 46.2 Å². The van der Waals surface area contributed by atoms with E-state index < -0.39 is 11.5 Å². The molecule has 0 radical (unpaired) electrons. The first-order valence-electron chi connectivity index (χ1n) is 16.3. The second-order valence-corrected chi connectivity index (χ2v) is 17.6. The van der Waals surface area contributed by atoms with Gasteiger partial charge < -0.3 is 14.8 Å². The van der Waals surface area contributed by atoms with Gasteiger partial charge in [-0.15, -0.1) is 0 Å². The number of hydrogen-bond acceptors (Lipinski definition) is 3. The number of carbonyl (C=O) groups excluding carboxylic acids is 1. The molecule has 7 rings (SSSR count). The molecule has 2 aromatic rings. The van der Waals surface area contributed by atoms with Crippen LogP contribution in [0.3, 0.4) is 0 Å². The monoisotopic (exact) mass is 597 g/mol. The minimum atomic E-state index is -0.477. The number of carbonyl (C=O) groups is 1. The second kappa shape index (κ2) is 8.63. The van der Waals surface area contributed by atoms with E-state index >= 15 is 0 Å². The summed E-state index contributed by atoms with van der Waals surface area (Å²) in [5.74, 6) is 0.315. The smallest absolute Gasteiger partial charge is 0.138 e. The Kier molecular flexibility index (Phi) is 6.02. The summed E-state index contributed by atoms with van der Waals surface area (Å²) in [6.07, 6.45) is 6.72. The number of aliphatic hydroxyl groups is 1. The normalized spacial score (nSPS) is 45.7. The summed E-state index contributed by atoms with van der Waals surface area (Å²) in [4.78, 5) is 18.2. The zero-order chi connectivity index (χ0) is 30.4. The van der Waals surface area contributed by atoms with Crippen molar-refractivity contribution in [2.75, 3.05) is 0 Å². The maximum atomic E-state index is 14.7. The molecule has 42 heavy (non-hydrogen) atoms. The lowest BCUT2D eigenvalue weighted by molar-refractivity contribution is -0.239. The molecule has 2 heterocycles. The molecule has 4 fully saturated rings. The summed E-state index contributed by atoms with van der Waals surface area (Å²) in [5, 5.41) is 13.4. The van der Waals surface area contributed by atoms with Gasteiger partial charge in [0.2, 0.25) is 0 Å². The Morgan fingerprint density at radius 2 is 1.71 bits per heavy atom. The van der Waals surface area contributed by atoms with Crippen molar-refractivity contribution in [3.63, 3.8) is 0 Å². The van der Waals surface area contributed by atoms with E-state index in [2.05, 4.69) is 60.4 Å². The highest BCUT2D eigenvalue weighted by Crippen LogP contribution is 2.75. The average Bonchev–Trinajstić information content (AvgIpc) is 3.40. The lowest BCUT2D eigenvalue weighted by atomic mass is 9.35. The van der Waals surface area contributed by atoms with Gasteiger partial charge in [-0.05, 0) is 117 Å². The predicted octanol–water partition coefficient (Wildman–Crippen LogP) is 8.55. The van der Waals surface area contributed by atoms with Crippen molar-refractivity contribution in [2.24, 2.45) is 39.9 Å². The number of H-pyrrole nitrogens is 1. The molecular formula is C36H49ClFNO3. The van der Waals surface area contributed by atoms with Gasteiger partial charge in [-0.3, -0.25) is 4.79 Å². The number of hydrogen-bond donors (Lipinski definition) is 2. The third-order valence-corrected chi connectivity index (χ3v) is 14.3. The van der Waals surface area contributed by atoms with Crippen molar-refractivity contribution in [2.45, 2.75) is 129 Å². The molecule has 0 amide bonds. The van der Waals surface area contributed by atoms with Crippen LogP contribution in [0.25, 0.3) is 10.9 Å². The number of rotatable bonds is 1. The quantitative estimate of drug-likeness (QED) is 0.346. The Labute approximate surface area is 255 Å². The molecule has 6 heteroatoms. The van der Waals surface area contributed by atoms with Crippen LogP contribution in [-0.4, -0.2) is 33.2 Å². The van der Waals surface area contributed by atoms with E-state index in [1.54, 1.807) is 6.07 Å². The minimum absolute atomic E-state index is 0.0961. The summed E-state index contributed by atoms with van der Waals surface area (Å²) >= 11 is 6.55. The van der Waals surface area contributed by atoms with Gasteiger partial charge in [0, 0.05) is 28.8 Å². The molecule has 3 saturated carbocycles. The first-order chi connectivity index (χ1) is 19.4. The topological polar surface area (TPSA) is 62.3 Å². The van der Waals surface area contributed by atoms with Crippen LogP contribution in [0.1, 0.15) is 112 Å². The first-order valence-corrected chi connectivity index (χ1v) is 16.7. The van der Waals surface area contributed by atoms with Gasteiger partial charge >= 0.3 is 0 Å². The van der Waals surface area contributed by atoms with E-state index in [0.717, 1.165) is 54.3 Å². The number of Topliss-reactive ketones (excluding diaryl/α,β-unsaturated/α-hetero) is 1. The van der Waals surface area contributed by atoms with Gasteiger partial charge in [-0.25, -0.2) is 4.39 Å². The molecule has 2 N–H and O–H groups in total. The number of ketones is 1. The molecule has 4 aliphatic carbocycles. The highest BCUT2D eigenvalue weighted by Gasteiger charge is 2.73. The Morgan fingerprint density at radius 3 is 2.40 bits per heavy atom. The fourth-order valence-electron chi connectivity index (χ4n) is 12.5. The summed E-state index contributed by atoms with van der Waals surface area (Å²) in [5.41, 5.74) is 1.13. The maximum absolute atomic E-state index is 14.7. The lowest BCUT2D eigenvalue weighted by Crippen LogP contribution is -2.69. The average molecular weight is 598 g/mol. The van der Waals surface area contributed by atoms with E-state index in [9.17, 15) is 14.3 Å². The largest absolute Gasteiger partial charge is 0.393 e. The molecule has 1 aromatic heterocycles. The van der Waals surface area contributed by atoms with Crippen LogP contribution in [0, 0.1) is 45.7 Å². The molecule has 0 bridgehead atoms. The third-order valence-electron chi connectivity index (χ3n) is 14.0. The fraction of sp³-hybridized carbons (Fsp3) is 0.750. The van der Waals surface area contributed by atoms with Gasteiger partial charge in [0.15, 0.2) is 0 Å². The molecule has 1 saturated heterocycles. The van der Waals surface area contributed by atoms with Crippen LogP contribution >= 0.6 is 11.6 Å². The van der Waals surface area contributed by atoms with Gasteiger partial charge in [-0.2, -0.15) is 0 Å². The highest BCUT2D eigenvalue weighted by atomic mass is 35.5. The Balaban J connectivity index is 1.34. The number of aliphatic hydroxyl groups excluding tert-OH is 1. The van der Waals surface area contributed by atoms with Crippen LogP contribution in [0.5, 0.6) is 0 Å². The molecular weight excluding hydrogens is 549 g/mol. The molecule has 9 atom stereocenters. The zero-order valence-corrected chi connectivity index (χ0v) is 27.5. The Hall–Kier alpha value is -1.43. The first kappa shape index (κ1) is 29.3. The molecule has 0 spiro atoms. The van der Waals surface area contributed by atoms with E-state index in [1.807, 2.05) is 0 Å². The molecule has 5 aliphatic rings. The van der Waals surface area contributed by atoms with E-state index in [0.29, 0.717) is 30.1 Å². The van der Waals surface area contributed by atoms with Crippen LogP contribution in [-0.2, 0) is 21.4 Å². The van der Waals surface area contributed by atoms with Crippen molar-refractivity contribution in [3.8, 4) is 0 Å². The van der Waals surface area contributed by atoms with Gasteiger partial charge in [0.1, 0.15) is 11.6 Å². The molecule has 1 aliphatic heterocycles. The number of aromatic amines is 1. The Morgan fingerprint density at radius 1 is 1.00 bits per heavy atom. The molecule has 4 nitrogen and oxygen atoms in total. The minimum Gasteiger partial charge on any atom is -0.393 e. The van der Waals surface area contributed by atoms with Crippen molar-refractivity contribution < 1.29 is 19.0 Å². The van der Waals surface area contributed by atoms with Crippen LogP contribution in [0.2, 0.25) is 5.02 Å². The van der Waals surface area contributed by atoms with Crippen LogP contribution < -0.4 is 0 Å². The summed E-state index contributed by atoms with van der Waals surface area (Å²) in [6.45, 7) is 18.1. The van der Waals surface area contributed by atoms with E-state index in [1.165, 1.54) is 6.07 Å². The lowest BCUT2D eigenvalue weighted by Gasteiger charge is -2.69. The van der Waals surface area contributed by atoms with E-state index in [4.69, 9.17) is 16.3 Å². The highest BCUT2D eigenvalue weighted by molar-refractivity contribution is 6.35. The van der Waals surface area contributed by atoms with E-state index in [-0.39, 0.29) is 56.9 Å². The predicted molar refractivity (Wildman–Crippen MR) is 165 cm³/mol. The number of fused-ring (bicyclic) bond motifs is 8. The summed E-state index contributed by atoms with van der Waals surface area (Å²) in [6, 6.07) is 2.96. The van der Waals surface area contributed by atoms with Gasteiger partial charge in [0.25, 0.3) is 0 Å². The summed E-state index contributed by atoms with van der Waals surface area (Å²) in [7, 11) is 0. The molecule has 1 aromatic carbocycles.